The predicted octanol–water partition coefficient (Wildman–Crippen LogP) is 0.988. The van der Waals surface area contributed by atoms with E-state index in [1.165, 1.54) is 0 Å². The molecule has 0 aromatic carbocycles. The van der Waals surface area contributed by atoms with E-state index in [1.54, 1.807) is 18.0 Å². The average molecular weight is 293 g/mol. The molecule has 108 valence electrons. The van der Waals surface area contributed by atoms with Gasteiger partial charge in [0, 0.05) is 32.4 Å². The second-order valence-electron chi connectivity index (χ2n) is 4.96. The third-order valence-electron chi connectivity index (χ3n) is 3.67. The molecule has 1 aromatic rings. The van der Waals surface area contributed by atoms with Crippen LogP contribution in [0.2, 0.25) is 0 Å². The van der Waals surface area contributed by atoms with Gasteiger partial charge in [-0.05, 0) is 12.1 Å². The quantitative estimate of drug-likeness (QED) is 0.828. The van der Waals surface area contributed by atoms with Gasteiger partial charge in [-0.1, -0.05) is 6.07 Å². The van der Waals surface area contributed by atoms with Gasteiger partial charge in [0.2, 0.25) is 5.91 Å². The molecule has 0 unspecified atom stereocenters. The zero-order valence-corrected chi connectivity index (χ0v) is 12.2. The van der Waals surface area contributed by atoms with Crippen molar-refractivity contribution < 1.29 is 9.53 Å². The maximum atomic E-state index is 12.1. The molecule has 0 bridgehead atoms. The molecule has 3 rings (SSSR count). The maximum Gasteiger partial charge on any atom is 0.233 e. The summed E-state index contributed by atoms with van der Waals surface area (Å²) in [5, 5.41) is 0.0738. The van der Waals surface area contributed by atoms with E-state index in [-0.39, 0.29) is 11.3 Å². The highest BCUT2D eigenvalue weighted by Gasteiger charge is 2.33. The lowest BCUT2D eigenvalue weighted by molar-refractivity contribution is -0.128. The summed E-state index contributed by atoms with van der Waals surface area (Å²) < 4.78 is 5.35. The molecule has 1 atom stereocenters. The second kappa shape index (κ2) is 6.56. The molecule has 5 nitrogen and oxygen atoms in total. The van der Waals surface area contributed by atoms with Crippen molar-refractivity contribution in [2.45, 2.75) is 5.37 Å². The van der Waals surface area contributed by atoms with Crippen LogP contribution in [0.3, 0.4) is 0 Å². The average Bonchev–Trinajstić information content (AvgIpc) is 2.88. The molecule has 0 N–H and O–H groups in total. The van der Waals surface area contributed by atoms with Gasteiger partial charge in [0.15, 0.2) is 0 Å². The summed E-state index contributed by atoms with van der Waals surface area (Å²) in [6.07, 6.45) is 1.79. The van der Waals surface area contributed by atoms with Crippen LogP contribution in [0.1, 0.15) is 11.1 Å². The first-order valence-electron chi connectivity index (χ1n) is 6.97. The second-order valence-corrected chi connectivity index (χ2v) is 6.03. The number of hydrogen-bond acceptors (Lipinski definition) is 5. The zero-order chi connectivity index (χ0) is 13.8. The number of aromatic nitrogens is 1. The summed E-state index contributed by atoms with van der Waals surface area (Å²) in [5.74, 6) is 0.781. The number of thioether (sulfide) groups is 1. The van der Waals surface area contributed by atoms with Crippen molar-refractivity contribution in [3.05, 3.63) is 30.1 Å². The molecular weight excluding hydrogens is 274 g/mol. The van der Waals surface area contributed by atoms with Crippen molar-refractivity contribution in [1.82, 2.24) is 14.8 Å². The van der Waals surface area contributed by atoms with E-state index < -0.39 is 0 Å². The predicted molar refractivity (Wildman–Crippen MR) is 78.4 cm³/mol. The van der Waals surface area contributed by atoms with Crippen LogP contribution in [0.4, 0.5) is 0 Å². The minimum atomic E-state index is 0.0738. The highest BCUT2D eigenvalue weighted by molar-refractivity contribution is 8.00. The van der Waals surface area contributed by atoms with Gasteiger partial charge in [-0.3, -0.25) is 14.7 Å². The topological polar surface area (TPSA) is 45.7 Å². The lowest BCUT2D eigenvalue weighted by Gasteiger charge is -2.30. The molecular formula is C14H19N3O2S. The van der Waals surface area contributed by atoms with Gasteiger partial charge in [0.05, 0.1) is 24.7 Å². The van der Waals surface area contributed by atoms with Crippen molar-refractivity contribution >= 4 is 17.7 Å². The van der Waals surface area contributed by atoms with E-state index in [4.69, 9.17) is 4.74 Å². The molecule has 20 heavy (non-hydrogen) atoms. The van der Waals surface area contributed by atoms with Gasteiger partial charge in [0.1, 0.15) is 5.37 Å². The first-order valence-corrected chi connectivity index (χ1v) is 8.01. The van der Waals surface area contributed by atoms with Gasteiger partial charge in [-0.2, -0.15) is 0 Å². The summed E-state index contributed by atoms with van der Waals surface area (Å²) >= 11 is 1.67. The van der Waals surface area contributed by atoms with Crippen molar-refractivity contribution in [2.24, 2.45) is 0 Å². The number of hydrogen-bond donors (Lipinski definition) is 0. The van der Waals surface area contributed by atoms with Crippen LogP contribution in [-0.2, 0) is 9.53 Å². The number of pyridine rings is 1. The minimum absolute atomic E-state index is 0.0738. The Hall–Kier alpha value is -1.11. The fraction of sp³-hybridized carbons (Fsp3) is 0.571. The third kappa shape index (κ3) is 3.13. The fourth-order valence-corrected chi connectivity index (χ4v) is 3.72. The molecule has 2 fully saturated rings. The van der Waals surface area contributed by atoms with Crippen LogP contribution in [0.5, 0.6) is 0 Å². The van der Waals surface area contributed by atoms with Gasteiger partial charge < -0.3 is 9.64 Å². The Morgan fingerprint density at radius 1 is 1.30 bits per heavy atom. The van der Waals surface area contributed by atoms with E-state index in [0.717, 1.165) is 45.1 Å². The fourth-order valence-electron chi connectivity index (χ4n) is 2.54. The Morgan fingerprint density at radius 2 is 2.15 bits per heavy atom. The molecule has 0 saturated carbocycles. The molecule has 2 aliphatic heterocycles. The van der Waals surface area contributed by atoms with Crippen molar-refractivity contribution in [3.63, 3.8) is 0 Å². The highest BCUT2D eigenvalue weighted by Crippen LogP contribution is 2.37. The lowest BCUT2D eigenvalue weighted by Crippen LogP contribution is -2.42. The number of rotatable bonds is 4. The highest BCUT2D eigenvalue weighted by atomic mass is 32.2. The molecule has 6 heteroatoms. The molecule has 1 amide bonds. The number of carbonyl (C=O) groups excluding carboxylic acids is 1. The summed E-state index contributed by atoms with van der Waals surface area (Å²) in [4.78, 5) is 20.8. The Morgan fingerprint density at radius 3 is 2.90 bits per heavy atom. The standard InChI is InChI=1S/C14H19N3O2S/c18-13-11-20-14(12-3-1-2-4-15-12)17(13)6-5-16-7-9-19-10-8-16/h1-4,14H,5-11H2/t14-/m0/s1. The van der Waals surface area contributed by atoms with Crippen molar-refractivity contribution in [1.29, 1.82) is 0 Å². The molecule has 0 spiro atoms. The summed E-state index contributed by atoms with van der Waals surface area (Å²) in [6, 6.07) is 5.88. The van der Waals surface area contributed by atoms with E-state index in [1.807, 2.05) is 23.1 Å². The van der Waals surface area contributed by atoms with E-state index in [0.29, 0.717) is 5.75 Å². The monoisotopic (exact) mass is 293 g/mol. The first kappa shape index (κ1) is 13.9. The number of nitrogens with zero attached hydrogens (tertiary/aromatic N) is 3. The van der Waals surface area contributed by atoms with Crippen LogP contribution in [-0.4, -0.2) is 65.8 Å². The third-order valence-corrected chi connectivity index (χ3v) is 4.90. The number of ether oxygens (including phenoxy) is 1. The zero-order valence-electron chi connectivity index (χ0n) is 11.4. The van der Waals surface area contributed by atoms with E-state index in [2.05, 4.69) is 9.88 Å². The van der Waals surface area contributed by atoms with Crippen molar-refractivity contribution in [3.8, 4) is 0 Å². The first-order chi connectivity index (χ1) is 9.84. The lowest BCUT2D eigenvalue weighted by atomic mass is 10.3. The van der Waals surface area contributed by atoms with Crippen LogP contribution < -0.4 is 0 Å². The van der Waals surface area contributed by atoms with Crippen LogP contribution in [0.15, 0.2) is 24.4 Å². The Bertz CT molecular complexity index is 451. The molecule has 2 saturated heterocycles. The van der Waals surface area contributed by atoms with Crippen LogP contribution >= 0.6 is 11.8 Å². The molecule has 2 aliphatic rings. The number of amides is 1. The van der Waals surface area contributed by atoms with Gasteiger partial charge in [-0.15, -0.1) is 11.8 Å². The normalized spacial score (nSPS) is 24.3. The number of carbonyl (C=O) groups is 1. The van der Waals surface area contributed by atoms with Gasteiger partial charge in [-0.25, -0.2) is 0 Å². The summed E-state index contributed by atoms with van der Waals surface area (Å²) in [6.45, 7) is 5.21. The maximum absolute atomic E-state index is 12.1. The number of morpholine rings is 1. The van der Waals surface area contributed by atoms with E-state index in [9.17, 15) is 4.79 Å². The summed E-state index contributed by atoms with van der Waals surface area (Å²) in [7, 11) is 0. The van der Waals surface area contributed by atoms with Crippen LogP contribution in [0, 0.1) is 0 Å². The molecule has 1 aromatic heterocycles. The SMILES string of the molecule is O=C1CS[C@@H](c2ccccn2)N1CCN1CCOCC1. The van der Waals surface area contributed by atoms with Gasteiger partial charge >= 0.3 is 0 Å². The Kier molecular flexibility index (Phi) is 4.54. The largest absolute Gasteiger partial charge is 0.379 e. The van der Waals surface area contributed by atoms with Crippen molar-refractivity contribution in [2.75, 3.05) is 45.1 Å². The molecule has 0 radical (unpaired) electrons. The Labute approximate surface area is 123 Å². The molecule has 0 aliphatic carbocycles. The van der Waals surface area contributed by atoms with Gasteiger partial charge in [0.25, 0.3) is 0 Å². The smallest absolute Gasteiger partial charge is 0.233 e. The Balaban J connectivity index is 1.62. The minimum Gasteiger partial charge on any atom is -0.379 e. The summed E-state index contributed by atoms with van der Waals surface area (Å²) in [5.41, 5.74) is 0.977. The van der Waals surface area contributed by atoms with E-state index >= 15 is 0 Å². The molecule has 3 heterocycles. The van der Waals surface area contributed by atoms with Crippen LogP contribution in [0.25, 0.3) is 0 Å².